The lowest BCUT2D eigenvalue weighted by atomic mass is 9.83. The van der Waals surface area contributed by atoms with Gasteiger partial charge in [-0.1, -0.05) is 71.9 Å². The van der Waals surface area contributed by atoms with Gasteiger partial charge in [0, 0.05) is 0 Å². The lowest BCUT2D eigenvalue weighted by Gasteiger charge is -2.26. The molecule has 0 aliphatic rings. The molecule has 2 rings (SSSR count). The second-order valence-electron chi connectivity index (χ2n) is 8.42. The van der Waals surface area contributed by atoms with Crippen LogP contribution >= 0.6 is 0 Å². The quantitative estimate of drug-likeness (QED) is 0.370. The lowest BCUT2D eigenvalue weighted by molar-refractivity contribution is -0.148. The minimum absolute atomic E-state index is 0.158. The normalized spacial score (nSPS) is 13.2. The van der Waals surface area contributed by atoms with E-state index in [1.54, 1.807) is 19.1 Å². The SMILES string of the molecule is CCOC(=O)C(C)C(C)c1cc(C(C)C)cc(C(C)C)c1OC(=O)c1ccccc1. The first-order valence-corrected chi connectivity index (χ1v) is 10.8. The van der Waals surface area contributed by atoms with Gasteiger partial charge in [0.05, 0.1) is 18.1 Å². The average Bonchev–Trinajstić information content (AvgIpc) is 2.73. The Morgan fingerprint density at radius 1 is 0.867 bits per heavy atom. The molecular formula is C26H34O4. The van der Waals surface area contributed by atoms with Crippen LogP contribution in [0.5, 0.6) is 5.75 Å². The molecule has 0 fully saturated rings. The molecule has 0 saturated heterocycles. The maximum atomic E-state index is 12.9. The van der Waals surface area contributed by atoms with Gasteiger partial charge in [0.1, 0.15) is 5.75 Å². The molecule has 4 nitrogen and oxygen atoms in total. The van der Waals surface area contributed by atoms with Crippen molar-refractivity contribution in [2.75, 3.05) is 6.61 Å². The third-order valence-corrected chi connectivity index (χ3v) is 5.56. The fourth-order valence-corrected chi connectivity index (χ4v) is 3.39. The van der Waals surface area contributed by atoms with Crippen molar-refractivity contribution < 1.29 is 19.1 Å². The molecule has 0 saturated carbocycles. The number of hydrogen-bond donors (Lipinski definition) is 0. The summed E-state index contributed by atoms with van der Waals surface area (Å²) in [7, 11) is 0. The molecule has 0 bridgehead atoms. The molecule has 0 amide bonds. The van der Waals surface area contributed by atoms with Crippen molar-refractivity contribution in [3.8, 4) is 5.75 Å². The number of carbonyl (C=O) groups excluding carboxylic acids is 2. The molecule has 2 aromatic rings. The van der Waals surface area contributed by atoms with Crippen molar-refractivity contribution in [1.29, 1.82) is 0 Å². The number of ether oxygens (including phenoxy) is 2. The van der Waals surface area contributed by atoms with E-state index >= 15 is 0 Å². The van der Waals surface area contributed by atoms with Gasteiger partial charge in [-0.3, -0.25) is 4.79 Å². The number of esters is 2. The summed E-state index contributed by atoms with van der Waals surface area (Å²) >= 11 is 0. The van der Waals surface area contributed by atoms with E-state index < -0.39 is 5.97 Å². The summed E-state index contributed by atoms with van der Waals surface area (Å²) in [5.41, 5.74) is 3.51. The average molecular weight is 411 g/mol. The molecule has 0 N–H and O–H groups in total. The monoisotopic (exact) mass is 410 g/mol. The van der Waals surface area contributed by atoms with Gasteiger partial charge >= 0.3 is 11.9 Å². The highest BCUT2D eigenvalue weighted by Crippen LogP contribution is 2.40. The van der Waals surface area contributed by atoms with Gasteiger partial charge in [-0.2, -0.15) is 0 Å². The Morgan fingerprint density at radius 2 is 1.47 bits per heavy atom. The Kier molecular flexibility index (Phi) is 8.22. The zero-order chi connectivity index (χ0) is 22.4. The van der Waals surface area contributed by atoms with Gasteiger partial charge in [0.15, 0.2) is 0 Å². The highest BCUT2D eigenvalue weighted by atomic mass is 16.5. The molecule has 2 atom stereocenters. The molecule has 0 spiro atoms. The molecule has 162 valence electrons. The molecule has 0 heterocycles. The van der Waals surface area contributed by atoms with Gasteiger partial charge < -0.3 is 9.47 Å². The Balaban J connectivity index is 2.59. The maximum absolute atomic E-state index is 12.9. The highest BCUT2D eigenvalue weighted by Gasteiger charge is 2.29. The Morgan fingerprint density at radius 3 is 2.00 bits per heavy atom. The van der Waals surface area contributed by atoms with Gasteiger partial charge in [-0.15, -0.1) is 0 Å². The van der Waals surface area contributed by atoms with Crippen LogP contribution in [0.2, 0.25) is 0 Å². The summed E-state index contributed by atoms with van der Waals surface area (Å²) in [5, 5.41) is 0. The number of benzene rings is 2. The number of rotatable bonds is 8. The molecule has 4 heteroatoms. The maximum Gasteiger partial charge on any atom is 0.343 e. The van der Waals surface area contributed by atoms with Crippen LogP contribution in [0, 0.1) is 5.92 Å². The van der Waals surface area contributed by atoms with Crippen LogP contribution in [0.15, 0.2) is 42.5 Å². The van der Waals surface area contributed by atoms with Crippen molar-refractivity contribution in [2.24, 2.45) is 5.92 Å². The molecule has 0 radical (unpaired) electrons. The highest BCUT2D eigenvalue weighted by molar-refractivity contribution is 5.91. The summed E-state index contributed by atoms with van der Waals surface area (Å²) in [6, 6.07) is 13.2. The van der Waals surface area contributed by atoms with Crippen molar-refractivity contribution in [2.45, 2.75) is 66.2 Å². The molecule has 0 aliphatic heterocycles. The third kappa shape index (κ3) is 5.50. The number of carbonyl (C=O) groups is 2. The second-order valence-corrected chi connectivity index (χ2v) is 8.42. The first-order chi connectivity index (χ1) is 14.2. The van der Waals surface area contributed by atoms with E-state index in [0.29, 0.717) is 23.8 Å². The van der Waals surface area contributed by atoms with Crippen molar-refractivity contribution in [3.05, 3.63) is 64.7 Å². The predicted octanol–water partition coefficient (Wildman–Crippen LogP) is 6.46. The van der Waals surface area contributed by atoms with E-state index in [-0.39, 0.29) is 23.7 Å². The minimum atomic E-state index is -0.396. The van der Waals surface area contributed by atoms with Crippen LogP contribution in [0.1, 0.15) is 93.3 Å². The van der Waals surface area contributed by atoms with Crippen LogP contribution in [-0.4, -0.2) is 18.5 Å². The van der Waals surface area contributed by atoms with Crippen molar-refractivity contribution in [1.82, 2.24) is 0 Å². The van der Waals surface area contributed by atoms with E-state index in [2.05, 4.69) is 39.8 Å². The summed E-state index contributed by atoms with van der Waals surface area (Å²) in [6.45, 7) is 14.4. The fourth-order valence-electron chi connectivity index (χ4n) is 3.39. The Bertz CT molecular complexity index is 868. The van der Waals surface area contributed by atoms with Gasteiger partial charge in [-0.25, -0.2) is 4.79 Å². The molecule has 2 unspecified atom stereocenters. The van der Waals surface area contributed by atoms with Gasteiger partial charge in [0.2, 0.25) is 0 Å². The fraction of sp³-hybridized carbons (Fsp3) is 0.462. The molecular weight excluding hydrogens is 376 g/mol. The summed E-state index contributed by atoms with van der Waals surface area (Å²) < 4.78 is 11.2. The topological polar surface area (TPSA) is 52.6 Å². The van der Waals surface area contributed by atoms with Crippen LogP contribution in [0.25, 0.3) is 0 Å². The van der Waals surface area contributed by atoms with E-state index in [1.165, 1.54) is 0 Å². The van der Waals surface area contributed by atoms with E-state index in [1.807, 2.05) is 32.0 Å². The van der Waals surface area contributed by atoms with Gasteiger partial charge in [-0.05, 0) is 53.5 Å². The van der Waals surface area contributed by atoms with Crippen LogP contribution in [0.4, 0.5) is 0 Å². The number of hydrogen-bond acceptors (Lipinski definition) is 4. The van der Waals surface area contributed by atoms with Gasteiger partial charge in [0.25, 0.3) is 0 Å². The molecule has 2 aromatic carbocycles. The van der Waals surface area contributed by atoms with E-state index in [4.69, 9.17) is 9.47 Å². The third-order valence-electron chi connectivity index (χ3n) is 5.56. The van der Waals surface area contributed by atoms with Crippen molar-refractivity contribution in [3.63, 3.8) is 0 Å². The zero-order valence-corrected chi connectivity index (χ0v) is 19.2. The van der Waals surface area contributed by atoms with Crippen LogP contribution < -0.4 is 4.74 Å². The first kappa shape index (κ1) is 23.7. The summed E-state index contributed by atoms with van der Waals surface area (Å²) in [5.74, 6) is -0.137. The Hall–Kier alpha value is -2.62. The minimum Gasteiger partial charge on any atom is -0.466 e. The molecule has 30 heavy (non-hydrogen) atoms. The molecule has 0 aromatic heterocycles. The predicted molar refractivity (Wildman–Crippen MR) is 120 cm³/mol. The smallest absolute Gasteiger partial charge is 0.343 e. The Labute approximate surface area is 180 Å². The lowest BCUT2D eigenvalue weighted by Crippen LogP contribution is -2.22. The van der Waals surface area contributed by atoms with Crippen LogP contribution in [-0.2, 0) is 9.53 Å². The van der Waals surface area contributed by atoms with Crippen molar-refractivity contribution >= 4 is 11.9 Å². The standard InChI is InChI=1S/C26H34O4/c1-8-29-25(27)19(7)18(6)23-15-21(16(2)3)14-22(17(4)5)24(23)30-26(28)20-12-10-9-11-13-20/h9-19H,8H2,1-7H3. The zero-order valence-electron chi connectivity index (χ0n) is 19.2. The largest absolute Gasteiger partial charge is 0.466 e. The first-order valence-electron chi connectivity index (χ1n) is 10.8. The van der Waals surface area contributed by atoms with Crippen LogP contribution in [0.3, 0.4) is 0 Å². The van der Waals surface area contributed by atoms with E-state index in [0.717, 1.165) is 16.7 Å². The second kappa shape index (κ2) is 10.4. The van der Waals surface area contributed by atoms with E-state index in [9.17, 15) is 9.59 Å². The summed E-state index contributed by atoms with van der Waals surface area (Å²) in [6.07, 6.45) is 0. The molecule has 0 aliphatic carbocycles. The summed E-state index contributed by atoms with van der Waals surface area (Å²) in [4.78, 5) is 25.3.